The molecule has 0 aliphatic carbocycles. The number of nitrogens with zero attached hydrogens (tertiary/aromatic N) is 1. The minimum Gasteiger partial charge on any atom is -0.497 e. The second kappa shape index (κ2) is 10.1. The van der Waals surface area contributed by atoms with Gasteiger partial charge in [0.1, 0.15) is 11.8 Å². The molecule has 0 radical (unpaired) electrons. The minimum atomic E-state index is -0.562. The summed E-state index contributed by atoms with van der Waals surface area (Å²) >= 11 is 0. The summed E-state index contributed by atoms with van der Waals surface area (Å²) < 4.78 is 5.10. The number of piperazine rings is 1. The predicted octanol–water partition coefficient (Wildman–Crippen LogP) is 0.471. The quantitative estimate of drug-likeness (QED) is 0.626. The highest BCUT2D eigenvalue weighted by molar-refractivity contribution is 5.97. The maximum Gasteiger partial charge on any atom is 0.251 e. The van der Waals surface area contributed by atoms with Crippen LogP contribution in [0.4, 0.5) is 0 Å². The van der Waals surface area contributed by atoms with Gasteiger partial charge in [0.25, 0.3) is 5.91 Å². The van der Waals surface area contributed by atoms with Gasteiger partial charge in [-0.1, -0.05) is 13.8 Å². The Kier molecular flexibility index (Phi) is 7.87. The first kappa shape index (κ1) is 20.2. The van der Waals surface area contributed by atoms with E-state index in [1.807, 2.05) is 13.8 Å². The van der Waals surface area contributed by atoms with Crippen LogP contribution in [-0.4, -0.2) is 69.1 Å². The molecule has 1 saturated heterocycles. The summed E-state index contributed by atoms with van der Waals surface area (Å²) in [5.41, 5.74) is 0.505. The molecular weight excluding hydrogens is 332 g/mol. The minimum absolute atomic E-state index is 0.00335. The number of nitrogens with one attached hydrogen (secondary N) is 3. The van der Waals surface area contributed by atoms with Gasteiger partial charge in [-0.15, -0.1) is 0 Å². The number of carbonyl (C=O) groups excluding carboxylic acids is 2. The van der Waals surface area contributed by atoms with Crippen LogP contribution in [0.25, 0.3) is 0 Å². The van der Waals surface area contributed by atoms with Crippen molar-refractivity contribution in [1.82, 2.24) is 20.9 Å². The summed E-state index contributed by atoms with van der Waals surface area (Å²) in [7, 11) is 1.58. The van der Waals surface area contributed by atoms with Crippen LogP contribution in [0.2, 0.25) is 0 Å². The molecular formula is C19H30N4O3. The summed E-state index contributed by atoms with van der Waals surface area (Å²) in [6.45, 7) is 9.23. The van der Waals surface area contributed by atoms with Crippen LogP contribution in [-0.2, 0) is 4.79 Å². The molecule has 2 rings (SSSR count). The fraction of sp³-hybridized carbons (Fsp3) is 0.579. The summed E-state index contributed by atoms with van der Waals surface area (Å²) in [4.78, 5) is 27.3. The molecule has 1 aliphatic rings. The smallest absolute Gasteiger partial charge is 0.251 e. The summed E-state index contributed by atoms with van der Waals surface area (Å²) in [5, 5.41) is 9.10. The molecule has 1 aromatic rings. The Morgan fingerprint density at radius 3 is 2.42 bits per heavy atom. The molecule has 1 unspecified atom stereocenters. The Labute approximate surface area is 155 Å². The fourth-order valence-corrected chi connectivity index (χ4v) is 2.88. The molecule has 2 amide bonds. The van der Waals surface area contributed by atoms with Crippen LogP contribution in [0.5, 0.6) is 5.75 Å². The third-order valence-corrected chi connectivity index (χ3v) is 4.52. The van der Waals surface area contributed by atoms with Crippen molar-refractivity contribution in [2.75, 3.05) is 46.4 Å². The van der Waals surface area contributed by atoms with Gasteiger partial charge in [-0.3, -0.25) is 14.5 Å². The van der Waals surface area contributed by atoms with E-state index in [-0.39, 0.29) is 17.7 Å². The number of hydrogen-bond acceptors (Lipinski definition) is 5. The number of benzene rings is 1. The van der Waals surface area contributed by atoms with Gasteiger partial charge in [-0.05, 0) is 30.2 Å². The van der Waals surface area contributed by atoms with E-state index >= 15 is 0 Å². The number of hydrogen-bond donors (Lipinski definition) is 3. The zero-order valence-electron chi connectivity index (χ0n) is 15.9. The van der Waals surface area contributed by atoms with Gasteiger partial charge in [0.05, 0.1) is 7.11 Å². The molecule has 1 aliphatic heterocycles. The second-order valence-electron chi connectivity index (χ2n) is 6.81. The third kappa shape index (κ3) is 6.00. The predicted molar refractivity (Wildman–Crippen MR) is 101 cm³/mol. The van der Waals surface area contributed by atoms with Crippen molar-refractivity contribution in [1.29, 1.82) is 0 Å². The first-order chi connectivity index (χ1) is 12.5. The van der Waals surface area contributed by atoms with E-state index in [0.717, 1.165) is 32.7 Å². The average Bonchev–Trinajstić information content (AvgIpc) is 2.66. The Morgan fingerprint density at radius 2 is 1.85 bits per heavy atom. The first-order valence-corrected chi connectivity index (χ1v) is 9.17. The molecule has 1 aromatic carbocycles. The van der Waals surface area contributed by atoms with Crippen LogP contribution in [0.3, 0.4) is 0 Å². The van der Waals surface area contributed by atoms with Crippen molar-refractivity contribution in [3.05, 3.63) is 29.8 Å². The van der Waals surface area contributed by atoms with Gasteiger partial charge >= 0.3 is 0 Å². The van der Waals surface area contributed by atoms with E-state index < -0.39 is 6.04 Å². The van der Waals surface area contributed by atoms with Crippen molar-refractivity contribution in [3.63, 3.8) is 0 Å². The highest BCUT2D eigenvalue weighted by Gasteiger charge is 2.24. The van der Waals surface area contributed by atoms with Crippen LogP contribution in [0, 0.1) is 5.92 Å². The number of carbonyl (C=O) groups is 2. The Bertz CT molecular complexity index is 583. The Hall–Kier alpha value is -2.12. The van der Waals surface area contributed by atoms with Crippen LogP contribution in [0.15, 0.2) is 24.3 Å². The molecule has 3 N–H and O–H groups in total. The fourth-order valence-electron chi connectivity index (χ4n) is 2.88. The Balaban J connectivity index is 1.85. The van der Waals surface area contributed by atoms with Gasteiger partial charge in [-0.2, -0.15) is 0 Å². The summed E-state index contributed by atoms with van der Waals surface area (Å²) in [6.07, 6.45) is 0. The van der Waals surface area contributed by atoms with Gasteiger partial charge in [0.15, 0.2) is 0 Å². The van der Waals surface area contributed by atoms with Crippen LogP contribution >= 0.6 is 0 Å². The number of amides is 2. The number of ether oxygens (including phenoxy) is 1. The third-order valence-electron chi connectivity index (χ3n) is 4.52. The maximum absolute atomic E-state index is 12.5. The summed E-state index contributed by atoms with van der Waals surface area (Å²) in [5.74, 6) is 0.282. The monoisotopic (exact) mass is 362 g/mol. The van der Waals surface area contributed by atoms with E-state index in [9.17, 15) is 9.59 Å². The number of methoxy groups -OCH3 is 1. The van der Waals surface area contributed by atoms with Gasteiger partial charge in [0, 0.05) is 44.8 Å². The van der Waals surface area contributed by atoms with Crippen LogP contribution in [0.1, 0.15) is 24.2 Å². The van der Waals surface area contributed by atoms with E-state index in [0.29, 0.717) is 17.9 Å². The van der Waals surface area contributed by atoms with Gasteiger partial charge in [-0.25, -0.2) is 0 Å². The molecule has 7 heteroatoms. The van der Waals surface area contributed by atoms with Gasteiger partial charge in [0.2, 0.25) is 5.91 Å². The lowest BCUT2D eigenvalue weighted by molar-refractivity contribution is -0.124. The lowest BCUT2D eigenvalue weighted by atomic mass is 10.0. The molecule has 1 fully saturated rings. The van der Waals surface area contributed by atoms with E-state index in [1.54, 1.807) is 31.4 Å². The van der Waals surface area contributed by atoms with E-state index in [1.165, 1.54) is 0 Å². The molecule has 26 heavy (non-hydrogen) atoms. The molecule has 0 bridgehead atoms. The first-order valence-electron chi connectivity index (χ1n) is 9.17. The normalized spacial score (nSPS) is 16.2. The van der Waals surface area contributed by atoms with Crippen molar-refractivity contribution in [2.24, 2.45) is 5.92 Å². The number of rotatable bonds is 8. The molecule has 144 valence electrons. The van der Waals surface area contributed by atoms with Crippen molar-refractivity contribution >= 4 is 11.8 Å². The van der Waals surface area contributed by atoms with Crippen molar-refractivity contribution in [3.8, 4) is 5.75 Å². The SMILES string of the molecule is COc1ccc(C(=O)NC(C(=O)NCCN2CCNCC2)C(C)C)cc1. The second-order valence-corrected chi connectivity index (χ2v) is 6.81. The molecule has 7 nitrogen and oxygen atoms in total. The summed E-state index contributed by atoms with van der Waals surface area (Å²) in [6, 6.07) is 6.27. The molecule has 0 saturated carbocycles. The van der Waals surface area contributed by atoms with Crippen molar-refractivity contribution in [2.45, 2.75) is 19.9 Å². The highest BCUT2D eigenvalue weighted by atomic mass is 16.5. The highest BCUT2D eigenvalue weighted by Crippen LogP contribution is 2.12. The zero-order valence-corrected chi connectivity index (χ0v) is 15.9. The topological polar surface area (TPSA) is 82.7 Å². The molecule has 0 spiro atoms. The molecule has 1 atom stereocenters. The molecule has 0 aromatic heterocycles. The average molecular weight is 362 g/mol. The largest absolute Gasteiger partial charge is 0.497 e. The zero-order chi connectivity index (χ0) is 18.9. The molecule has 1 heterocycles. The maximum atomic E-state index is 12.5. The van der Waals surface area contributed by atoms with E-state index in [2.05, 4.69) is 20.9 Å². The standard InChI is InChI=1S/C19H30N4O3/c1-14(2)17(19(25)21-10-13-23-11-8-20-9-12-23)22-18(24)15-4-6-16(26-3)7-5-15/h4-7,14,17,20H,8-13H2,1-3H3,(H,21,25)(H,22,24). The van der Waals surface area contributed by atoms with Gasteiger partial charge < -0.3 is 20.7 Å². The Morgan fingerprint density at radius 1 is 1.19 bits per heavy atom. The van der Waals surface area contributed by atoms with Crippen molar-refractivity contribution < 1.29 is 14.3 Å². The lowest BCUT2D eigenvalue weighted by Gasteiger charge is -2.28. The van der Waals surface area contributed by atoms with E-state index in [4.69, 9.17) is 4.74 Å². The van der Waals surface area contributed by atoms with Crippen LogP contribution < -0.4 is 20.7 Å². The lowest BCUT2D eigenvalue weighted by Crippen LogP contribution is -2.52.